The van der Waals surface area contributed by atoms with Gasteiger partial charge in [-0.3, -0.25) is 4.79 Å². The summed E-state index contributed by atoms with van der Waals surface area (Å²) < 4.78 is 31.7. The summed E-state index contributed by atoms with van der Waals surface area (Å²) in [5, 5.41) is 14.8. The Morgan fingerprint density at radius 3 is 2.50 bits per heavy atom. The molecule has 0 atom stereocenters. The smallest absolute Gasteiger partial charge is 0.243 e. The molecule has 2 N–H and O–H groups in total. The van der Waals surface area contributed by atoms with Crippen LogP contribution in [0.1, 0.15) is 25.0 Å². The number of hydrogen-bond acceptors (Lipinski definition) is 6. The van der Waals surface area contributed by atoms with Crippen molar-refractivity contribution in [2.75, 3.05) is 31.3 Å². The van der Waals surface area contributed by atoms with E-state index >= 15 is 0 Å². The number of nitriles is 1. The van der Waals surface area contributed by atoms with E-state index in [0.717, 1.165) is 4.31 Å². The van der Waals surface area contributed by atoms with Gasteiger partial charge in [-0.1, -0.05) is 6.07 Å². The van der Waals surface area contributed by atoms with Crippen LogP contribution in [0.4, 0.5) is 11.4 Å². The van der Waals surface area contributed by atoms with Gasteiger partial charge in [-0.25, -0.2) is 12.7 Å². The van der Waals surface area contributed by atoms with Gasteiger partial charge >= 0.3 is 0 Å². The third-order valence-electron chi connectivity index (χ3n) is 4.14. The van der Waals surface area contributed by atoms with Crippen LogP contribution in [0.25, 0.3) is 0 Å². The van der Waals surface area contributed by atoms with Crippen LogP contribution in [0.15, 0.2) is 41.3 Å². The van der Waals surface area contributed by atoms with Crippen molar-refractivity contribution >= 4 is 27.3 Å². The van der Waals surface area contributed by atoms with Gasteiger partial charge in [-0.05, 0) is 56.7 Å². The number of ether oxygens (including phenoxy) is 1. The molecule has 0 radical (unpaired) electrons. The van der Waals surface area contributed by atoms with Crippen molar-refractivity contribution in [2.45, 2.75) is 31.8 Å². The number of rotatable bonds is 8. The van der Waals surface area contributed by atoms with Crippen molar-refractivity contribution in [3.63, 3.8) is 0 Å². The second-order valence-electron chi connectivity index (χ2n) is 7.16. The SMILES string of the molecule is Cc1ccc(NC(=O)CNc2cc(C#N)ccc2OC(C)C)cc1S(=O)(=O)N(C)C. The van der Waals surface area contributed by atoms with Gasteiger partial charge in [0.15, 0.2) is 0 Å². The summed E-state index contributed by atoms with van der Waals surface area (Å²) in [6, 6.07) is 11.7. The molecule has 2 rings (SSSR count). The lowest BCUT2D eigenvalue weighted by molar-refractivity contribution is -0.114. The van der Waals surface area contributed by atoms with Gasteiger partial charge in [0.1, 0.15) is 5.75 Å². The molecular weight excluding hydrogens is 404 g/mol. The van der Waals surface area contributed by atoms with Gasteiger partial charge in [0.25, 0.3) is 0 Å². The van der Waals surface area contributed by atoms with Crippen molar-refractivity contribution in [3.8, 4) is 11.8 Å². The number of nitrogens with zero attached hydrogens (tertiary/aromatic N) is 2. The summed E-state index contributed by atoms with van der Waals surface area (Å²) in [6.45, 7) is 5.37. The van der Waals surface area contributed by atoms with E-state index in [4.69, 9.17) is 10.00 Å². The maximum Gasteiger partial charge on any atom is 0.243 e. The fraction of sp³-hybridized carbons (Fsp3) is 0.333. The molecule has 9 heteroatoms. The van der Waals surface area contributed by atoms with Crippen molar-refractivity contribution in [1.29, 1.82) is 5.26 Å². The van der Waals surface area contributed by atoms with Gasteiger partial charge < -0.3 is 15.4 Å². The highest BCUT2D eigenvalue weighted by atomic mass is 32.2. The maximum atomic E-state index is 12.4. The highest BCUT2D eigenvalue weighted by Gasteiger charge is 2.20. The van der Waals surface area contributed by atoms with Crippen LogP contribution in [0.5, 0.6) is 5.75 Å². The predicted octanol–water partition coefficient (Wildman–Crippen LogP) is 2.95. The number of carbonyl (C=O) groups excluding carboxylic acids is 1. The fourth-order valence-electron chi connectivity index (χ4n) is 2.63. The second-order valence-corrected chi connectivity index (χ2v) is 9.28. The lowest BCUT2D eigenvalue weighted by Crippen LogP contribution is -2.24. The lowest BCUT2D eigenvalue weighted by Gasteiger charge is -2.17. The van der Waals surface area contributed by atoms with Crippen LogP contribution in [0.3, 0.4) is 0 Å². The van der Waals surface area contributed by atoms with Crippen LogP contribution < -0.4 is 15.4 Å². The normalized spacial score (nSPS) is 11.3. The number of sulfonamides is 1. The Labute approximate surface area is 177 Å². The molecule has 8 nitrogen and oxygen atoms in total. The summed E-state index contributed by atoms with van der Waals surface area (Å²) in [7, 11) is -0.718. The summed E-state index contributed by atoms with van der Waals surface area (Å²) in [4.78, 5) is 12.5. The molecule has 2 aromatic rings. The van der Waals surface area contributed by atoms with E-state index in [0.29, 0.717) is 28.3 Å². The van der Waals surface area contributed by atoms with Crippen LogP contribution >= 0.6 is 0 Å². The summed E-state index contributed by atoms with van der Waals surface area (Å²) in [6.07, 6.45) is -0.0723. The van der Waals surface area contributed by atoms with E-state index in [9.17, 15) is 13.2 Å². The van der Waals surface area contributed by atoms with Gasteiger partial charge in [0, 0.05) is 19.8 Å². The number of carbonyl (C=O) groups is 1. The first-order valence-corrected chi connectivity index (χ1v) is 10.8. The van der Waals surface area contributed by atoms with Crippen molar-refractivity contribution in [2.24, 2.45) is 0 Å². The van der Waals surface area contributed by atoms with E-state index in [2.05, 4.69) is 16.7 Å². The molecule has 0 spiro atoms. The molecule has 2 aromatic carbocycles. The number of amides is 1. The van der Waals surface area contributed by atoms with E-state index in [1.165, 1.54) is 20.2 Å². The molecule has 0 saturated carbocycles. The van der Waals surface area contributed by atoms with E-state index in [1.807, 2.05) is 13.8 Å². The van der Waals surface area contributed by atoms with Gasteiger partial charge in [-0.15, -0.1) is 0 Å². The molecule has 1 amide bonds. The topological polar surface area (TPSA) is 112 Å². The number of aryl methyl sites for hydroxylation is 1. The Bertz CT molecular complexity index is 1070. The summed E-state index contributed by atoms with van der Waals surface area (Å²) in [5.41, 5.74) is 1.92. The Kier molecular flexibility index (Phi) is 7.43. The first kappa shape index (κ1) is 23.2. The highest BCUT2D eigenvalue weighted by Crippen LogP contribution is 2.27. The molecule has 30 heavy (non-hydrogen) atoms. The Hall–Kier alpha value is -3.09. The van der Waals surface area contributed by atoms with Crippen LogP contribution in [-0.4, -0.2) is 45.4 Å². The van der Waals surface area contributed by atoms with Gasteiger partial charge in [0.2, 0.25) is 15.9 Å². The first-order valence-electron chi connectivity index (χ1n) is 9.32. The van der Waals surface area contributed by atoms with Crippen molar-refractivity contribution in [1.82, 2.24) is 4.31 Å². The first-order chi connectivity index (χ1) is 14.0. The van der Waals surface area contributed by atoms with E-state index in [-0.39, 0.29) is 23.5 Å². The molecule has 0 saturated heterocycles. The average molecular weight is 431 g/mol. The summed E-state index contributed by atoms with van der Waals surface area (Å²) >= 11 is 0. The third-order valence-corrected chi connectivity index (χ3v) is 6.10. The Morgan fingerprint density at radius 1 is 1.20 bits per heavy atom. The zero-order valence-electron chi connectivity index (χ0n) is 17.7. The van der Waals surface area contributed by atoms with Gasteiger partial charge in [0.05, 0.1) is 34.9 Å². The van der Waals surface area contributed by atoms with E-state index < -0.39 is 10.0 Å². The largest absolute Gasteiger partial charge is 0.489 e. The molecule has 0 aromatic heterocycles. The average Bonchev–Trinajstić information content (AvgIpc) is 2.68. The number of anilines is 2. The molecule has 0 aliphatic carbocycles. The predicted molar refractivity (Wildman–Crippen MR) is 116 cm³/mol. The van der Waals surface area contributed by atoms with Crippen molar-refractivity contribution < 1.29 is 17.9 Å². The molecule has 0 heterocycles. The highest BCUT2D eigenvalue weighted by molar-refractivity contribution is 7.89. The summed E-state index contributed by atoms with van der Waals surface area (Å²) in [5.74, 6) is 0.163. The molecule has 0 aliphatic heterocycles. The molecular formula is C21H26N4O4S. The quantitative estimate of drug-likeness (QED) is 0.666. The van der Waals surface area contributed by atoms with Crippen LogP contribution in [0.2, 0.25) is 0 Å². The fourth-order valence-corrected chi connectivity index (χ4v) is 3.77. The Balaban J connectivity index is 2.15. The minimum atomic E-state index is -3.63. The monoisotopic (exact) mass is 430 g/mol. The minimum Gasteiger partial charge on any atom is -0.489 e. The maximum absolute atomic E-state index is 12.4. The zero-order valence-corrected chi connectivity index (χ0v) is 18.5. The second kappa shape index (κ2) is 9.61. The van der Waals surface area contributed by atoms with Crippen LogP contribution in [0, 0.1) is 18.3 Å². The number of benzene rings is 2. The third kappa shape index (κ3) is 5.72. The van der Waals surface area contributed by atoms with Gasteiger partial charge in [-0.2, -0.15) is 5.26 Å². The van der Waals surface area contributed by atoms with Crippen molar-refractivity contribution in [3.05, 3.63) is 47.5 Å². The number of hydrogen-bond donors (Lipinski definition) is 2. The molecule has 0 aliphatic rings. The minimum absolute atomic E-state index is 0.0723. The molecule has 0 bridgehead atoms. The zero-order chi connectivity index (χ0) is 22.5. The van der Waals surface area contributed by atoms with E-state index in [1.54, 1.807) is 37.3 Å². The molecule has 0 fully saturated rings. The molecule has 0 unspecified atom stereocenters. The number of nitrogens with one attached hydrogen (secondary N) is 2. The Morgan fingerprint density at radius 2 is 1.90 bits per heavy atom. The standard InChI is InChI=1S/C21H26N4O4S/c1-14(2)29-19-9-7-16(12-22)10-18(19)23-13-21(26)24-17-8-6-15(3)20(11-17)30(27,28)25(4)5/h6-11,14,23H,13H2,1-5H3,(H,24,26). The molecule has 160 valence electrons. The van der Waals surface area contributed by atoms with Crippen LogP contribution in [-0.2, 0) is 14.8 Å². The lowest BCUT2D eigenvalue weighted by atomic mass is 10.2.